The summed E-state index contributed by atoms with van der Waals surface area (Å²) in [5.74, 6) is 0.737. The standard InChI is InChI=1S/C15H20N2OS/c18-13(7-11-3-1-2-4-11)9-16-12-5-6-14-15(8-12)19-10-17-14/h5-6,8,10-11,13,16,18H,1-4,7,9H2. The van der Waals surface area contributed by atoms with Gasteiger partial charge < -0.3 is 10.4 Å². The number of benzene rings is 1. The van der Waals surface area contributed by atoms with Gasteiger partial charge in [0.25, 0.3) is 0 Å². The van der Waals surface area contributed by atoms with Crippen LogP contribution in [0, 0.1) is 5.92 Å². The van der Waals surface area contributed by atoms with Gasteiger partial charge >= 0.3 is 0 Å². The quantitative estimate of drug-likeness (QED) is 0.876. The topological polar surface area (TPSA) is 45.1 Å². The van der Waals surface area contributed by atoms with Gasteiger partial charge in [-0.05, 0) is 30.5 Å². The number of anilines is 1. The average molecular weight is 276 g/mol. The van der Waals surface area contributed by atoms with Crippen LogP contribution in [0.3, 0.4) is 0 Å². The molecule has 0 radical (unpaired) electrons. The molecule has 102 valence electrons. The fourth-order valence-electron chi connectivity index (χ4n) is 2.91. The van der Waals surface area contributed by atoms with E-state index in [9.17, 15) is 5.11 Å². The number of nitrogens with zero attached hydrogens (tertiary/aromatic N) is 1. The van der Waals surface area contributed by atoms with Crippen LogP contribution in [0.5, 0.6) is 0 Å². The lowest BCUT2D eigenvalue weighted by Gasteiger charge is -2.16. The van der Waals surface area contributed by atoms with Gasteiger partial charge in [-0.25, -0.2) is 4.98 Å². The van der Waals surface area contributed by atoms with E-state index in [-0.39, 0.29) is 6.10 Å². The van der Waals surface area contributed by atoms with E-state index >= 15 is 0 Å². The van der Waals surface area contributed by atoms with Crippen molar-refractivity contribution in [2.45, 2.75) is 38.2 Å². The number of aliphatic hydroxyl groups is 1. The van der Waals surface area contributed by atoms with E-state index in [0.29, 0.717) is 6.54 Å². The predicted molar refractivity (Wildman–Crippen MR) is 80.7 cm³/mol. The Morgan fingerprint density at radius 1 is 1.37 bits per heavy atom. The molecule has 4 heteroatoms. The molecule has 1 fully saturated rings. The minimum atomic E-state index is -0.236. The Morgan fingerprint density at radius 3 is 3.05 bits per heavy atom. The minimum absolute atomic E-state index is 0.236. The van der Waals surface area contributed by atoms with E-state index in [2.05, 4.69) is 16.4 Å². The molecular weight excluding hydrogens is 256 g/mol. The molecule has 0 spiro atoms. The number of thiazole rings is 1. The molecule has 0 amide bonds. The molecule has 1 saturated carbocycles. The van der Waals surface area contributed by atoms with Gasteiger partial charge in [-0.1, -0.05) is 25.7 Å². The summed E-state index contributed by atoms with van der Waals surface area (Å²) in [5, 5.41) is 13.4. The van der Waals surface area contributed by atoms with Crippen molar-refractivity contribution < 1.29 is 5.11 Å². The van der Waals surface area contributed by atoms with Crippen LogP contribution >= 0.6 is 11.3 Å². The number of hydrogen-bond donors (Lipinski definition) is 2. The molecular formula is C15H20N2OS. The maximum atomic E-state index is 10.1. The van der Waals surface area contributed by atoms with Crippen LogP contribution < -0.4 is 5.32 Å². The number of hydrogen-bond acceptors (Lipinski definition) is 4. The molecule has 3 rings (SSSR count). The largest absolute Gasteiger partial charge is 0.391 e. The summed E-state index contributed by atoms with van der Waals surface area (Å²) in [6.45, 7) is 0.640. The molecule has 1 aliphatic carbocycles. The molecule has 2 N–H and O–H groups in total. The van der Waals surface area contributed by atoms with Crippen molar-refractivity contribution in [1.29, 1.82) is 0 Å². The molecule has 1 unspecified atom stereocenters. The summed E-state index contributed by atoms with van der Waals surface area (Å²) < 4.78 is 1.19. The summed E-state index contributed by atoms with van der Waals surface area (Å²) in [7, 11) is 0. The summed E-state index contributed by atoms with van der Waals surface area (Å²) in [5.41, 5.74) is 3.98. The summed E-state index contributed by atoms with van der Waals surface area (Å²) >= 11 is 1.65. The minimum Gasteiger partial charge on any atom is -0.391 e. The van der Waals surface area contributed by atoms with Crippen LogP contribution in [0.4, 0.5) is 5.69 Å². The zero-order valence-corrected chi connectivity index (χ0v) is 11.8. The third kappa shape index (κ3) is 3.25. The van der Waals surface area contributed by atoms with Gasteiger partial charge in [-0.3, -0.25) is 0 Å². The smallest absolute Gasteiger partial charge is 0.0813 e. The van der Waals surface area contributed by atoms with Crippen LogP contribution in [0.25, 0.3) is 10.2 Å². The molecule has 1 aromatic carbocycles. The van der Waals surface area contributed by atoms with Gasteiger partial charge in [0.1, 0.15) is 0 Å². The van der Waals surface area contributed by atoms with Crippen LogP contribution in [0.2, 0.25) is 0 Å². The van der Waals surface area contributed by atoms with Crippen LogP contribution in [-0.4, -0.2) is 22.7 Å². The summed E-state index contributed by atoms with van der Waals surface area (Å²) in [4.78, 5) is 4.26. The Kier molecular flexibility index (Phi) is 3.99. The lowest BCUT2D eigenvalue weighted by molar-refractivity contribution is 0.155. The fraction of sp³-hybridized carbons (Fsp3) is 0.533. The molecule has 0 saturated heterocycles. The highest BCUT2D eigenvalue weighted by Crippen LogP contribution is 2.28. The first-order valence-corrected chi connectivity index (χ1v) is 7.94. The molecule has 19 heavy (non-hydrogen) atoms. The third-order valence-electron chi connectivity index (χ3n) is 3.95. The van der Waals surface area contributed by atoms with Crippen molar-refractivity contribution in [3.63, 3.8) is 0 Å². The van der Waals surface area contributed by atoms with E-state index in [0.717, 1.165) is 23.5 Å². The molecule has 1 atom stereocenters. The average Bonchev–Trinajstić information content (AvgIpc) is 3.06. The van der Waals surface area contributed by atoms with E-state index in [1.165, 1.54) is 30.4 Å². The maximum Gasteiger partial charge on any atom is 0.0813 e. The molecule has 1 heterocycles. The number of aliphatic hydroxyl groups excluding tert-OH is 1. The van der Waals surface area contributed by atoms with Crippen molar-refractivity contribution in [1.82, 2.24) is 4.98 Å². The number of rotatable bonds is 5. The van der Waals surface area contributed by atoms with Crippen molar-refractivity contribution >= 4 is 27.2 Å². The van der Waals surface area contributed by atoms with Crippen LogP contribution in [0.1, 0.15) is 32.1 Å². The third-order valence-corrected chi connectivity index (χ3v) is 4.74. The zero-order valence-electron chi connectivity index (χ0n) is 11.0. The van der Waals surface area contributed by atoms with Crippen molar-refractivity contribution in [2.75, 3.05) is 11.9 Å². The van der Waals surface area contributed by atoms with Crippen molar-refractivity contribution in [3.05, 3.63) is 23.7 Å². The lowest BCUT2D eigenvalue weighted by atomic mass is 10.00. The number of aromatic nitrogens is 1. The predicted octanol–water partition coefficient (Wildman–Crippen LogP) is 3.65. The molecule has 1 aromatic heterocycles. The second kappa shape index (κ2) is 5.88. The normalized spacial score (nSPS) is 17.9. The fourth-order valence-corrected chi connectivity index (χ4v) is 3.63. The Hall–Kier alpha value is -1.13. The summed E-state index contributed by atoms with van der Waals surface area (Å²) in [6, 6.07) is 6.16. The van der Waals surface area contributed by atoms with E-state index in [4.69, 9.17) is 0 Å². The van der Waals surface area contributed by atoms with Gasteiger partial charge in [-0.2, -0.15) is 0 Å². The molecule has 0 bridgehead atoms. The monoisotopic (exact) mass is 276 g/mol. The van der Waals surface area contributed by atoms with Gasteiger partial charge in [-0.15, -0.1) is 11.3 Å². The highest BCUT2D eigenvalue weighted by Gasteiger charge is 2.18. The Labute approximate surface area is 117 Å². The summed E-state index contributed by atoms with van der Waals surface area (Å²) in [6.07, 6.45) is 5.98. The maximum absolute atomic E-state index is 10.1. The highest BCUT2D eigenvalue weighted by atomic mass is 32.1. The van der Waals surface area contributed by atoms with Gasteiger partial charge in [0.05, 0.1) is 21.8 Å². The molecule has 3 nitrogen and oxygen atoms in total. The zero-order chi connectivity index (χ0) is 13.1. The van der Waals surface area contributed by atoms with Crippen molar-refractivity contribution in [2.24, 2.45) is 5.92 Å². The Bertz CT molecular complexity index is 534. The van der Waals surface area contributed by atoms with Crippen molar-refractivity contribution in [3.8, 4) is 0 Å². The Morgan fingerprint density at radius 2 is 2.21 bits per heavy atom. The van der Waals surface area contributed by atoms with Gasteiger partial charge in [0.2, 0.25) is 0 Å². The molecule has 1 aliphatic rings. The lowest BCUT2D eigenvalue weighted by Crippen LogP contribution is -2.21. The first-order chi connectivity index (χ1) is 9.31. The van der Waals surface area contributed by atoms with E-state index < -0.39 is 0 Å². The Balaban J connectivity index is 1.52. The number of fused-ring (bicyclic) bond motifs is 1. The van der Waals surface area contributed by atoms with E-state index in [1.54, 1.807) is 11.3 Å². The SMILES string of the molecule is OC(CNc1ccc2ncsc2c1)CC1CCCC1. The van der Waals surface area contributed by atoms with Crippen LogP contribution in [-0.2, 0) is 0 Å². The van der Waals surface area contributed by atoms with Gasteiger partial charge in [0, 0.05) is 12.2 Å². The first kappa shape index (κ1) is 12.9. The first-order valence-electron chi connectivity index (χ1n) is 7.06. The second-order valence-corrected chi connectivity index (χ2v) is 6.34. The molecule has 0 aliphatic heterocycles. The number of nitrogens with one attached hydrogen (secondary N) is 1. The van der Waals surface area contributed by atoms with Gasteiger partial charge in [0.15, 0.2) is 0 Å². The highest BCUT2D eigenvalue weighted by molar-refractivity contribution is 7.16. The molecule has 2 aromatic rings. The second-order valence-electron chi connectivity index (χ2n) is 5.46. The van der Waals surface area contributed by atoms with E-state index in [1.807, 2.05) is 17.6 Å². The van der Waals surface area contributed by atoms with Crippen LogP contribution in [0.15, 0.2) is 23.7 Å².